The average molecular weight is 463 g/mol. The van der Waals surface area contributed by atoms with Crippen LogP contribution >= 0.6 is 34.2 Å². The normalized spacial score (nSPS) is 22.8. The SMILES string of the molecule is [B]CCCCC(N)(I)C1CC(NCCCc2cc(F)cc(Cl)c2)C1. The second-order valence-corrected chi connectivity index (χ2v) is 9.32. The van der Waals surface area contributed by atoms with Crippen LogP contribution in [0.4, 0.5) is 4.39 Å². The molecular formula is C18H26BClFIN2. The molecule has 0 bridgehead atoms. The first-order valence-electron chi connectivity index (χ1n) is 8.77. The summed E-state index contributed by atoms with van der Waals surface area (Å²) >= 11 is 8.30. The minimum absolute atomic E-state index is 0.0938. The van der Waals surface area contributed by atoms with E-state index >= 15 is 0 Å². The number of unbranched alkanes of at least 4 members (excludes halogenated alkanes) is 1. The van der Waals surface area contributed by atoms with E-state index in [9.17, 15) is 4.39 Å². The first kappa shape index (κ1) is 20.5. The van der Waals surface area contributed by atoms with Gasteiger partial charge in [0, 0.05) is 11.1 Å². The van der Waals surface area contributed by atoms with Crippen LogP contribution in [0.2, 0.25) is 11.3 Å². The number of hydrogen-bond donors (Lipinski definition) is 2. The molecule has 24 heavy (non-hydrogen) atoms. The second-order valence-electron chi connectivity index (χ2n) is 6.87. The predicted octanol–water partition coefficient (Wildman–Crippen LogP) is 4.63. The number of nitrogens with two attached hydrogens (primary N) is 1. The molecule has 0 heterocycles. The van der Waals surface area contributed by atoms with Crippen molar-refractivity contribution in [2.75, 3.05) is 6.54 Å². The number of alkyl halides is 1. The maximum Gasteiger partial charge on any atom is 0.124 e. The molecule has 0 aromatic heterocycles. The van der Waals surface area contributed by atoms with E-state index in [1.54, 1.807) is 6.07 Å². The molecular weight excluding hydrogens is 436 g/mol. The zero-order valence-corrected chi connectivity index (χ0v) is 17.0. The lowest BCUT2D eigenvalue weighted by Crippen LogP contribution is -2.53. The van der Waals surface area contributed by atoms with Crippen molar-refractivity contribution < 1.29 is 4.39 Å². The Balaban J connectivity index is 1.60. The molecule has 1 aliphatic rings. The minimum atomic E-state index is -0.261. The summed E-state index contributed by atoms with van der Waals surface area (Å²) in [5.74, 6) is 0.332. The van der Waals surface area contributed by atoms with E-state index in [1.165, 1.54) is 6.07 Å². The molecule has 1 atom stereocenters. The molecule has 1 aliphatic carbocycles. The van der Waals surface area contributed by atoms with Gasteiger partial charge in [-0.15, -0.1) is 0 Å². The molecule has 2 nitrogen and oxygen atoms in total. The molecule has 0 spiro atoms. The van der Waals surface area contributed by atoms with Crippen LogP contribution < -0.4 is 11.1 Å². The Morgan fingerprint density at radius 2 is 2.04 bits per heavy atom. The molecule has 2 radical (unpaired) electrons. The molecule has 1 fully saturated rings. The van der Waals surface area contributed by atoms with Crippen LogP contribution in [0.1, 0.15) is 44.1 Å². The number of nitrogens with one attached hydrogen (secondary N) is 1. The van der Waals surface area contributed by atoms with Crippen molar-refractivity contribution in [1.82, 2.24) is 5.32 Å². The number of aryl methyl sites for hydroxylation is 1. The Kier molecular flexibility index (Phi) is 8.31. The minimum Gasteiger partial charge on any atom is -0.317 e. The first-order chi connectivity index (χ1) is 11.4. The third-order valence-electron chi connectivity index (χ3n) is 4.83. The lowest BCUT2D eigenvalue weighted by molar-refractivity contribution is 0.174. The van der Waals surface area contributed by atoms with Gasteiger partial charge in [0.15, 0.2) is 0 Å². The van der Waals surface area contributed by atoms with E-state index in [1.807, 2.05) is 6.07 Å². The molecule has 1 aromatic rings. The Morgan fingerprint density at radius 1 is 1.29 bits per heavy atom. The zero-order valence-electron chi connectivity index (χ0n) is 14.0. The summed E-state index contributed by atoms with van der Waals surface area (Å²) in [6, 6.07) is 5.31. The molecule has 0 saturated heterocycles. The number of halogens is 3. The van der Waals surface area contributed by atoms with Gasteiger partial charge in [-0.05, 0) is 68.3 Å². The Labute approximate surface area is 165 Å². The van der Waals surface area contributed by atoms with Crippen LogP contribution in [0.3, 0.4) is 0 Å². The Bertz CT molecular complexity index is 503. The van der Waals surface area contributed by atoms with Gasteiger partial charge in [0.05, 0.1) is 11.4 Å². The van der Waals surface area contributed by atoms with Crippen LogP contribution in [0.25, 0.3) is 0 Å². The van der Waals surface area contributed by atoms with Gasteiger partial charge in [-0.1, -0.05) is 53.4 Å². The summed E-state index contributed by atoms with van der Waals surface area (Å²) in [5.41, 5.74) is 7.41. The maximum atomic E-state index is 13.3. The number of benzene rings is 1. The fourth-order valence-electron chi connectivity index (χ4n) is 3.27. The maximum absolute atomic E-state index is 13.3. The van der Waals surface area contributed by atoms with Crippen molar-refractivity contribution in [2.45, 2.75) is 60.9 Å². The highest BCUT2D eigenvalue weighted by Gasteiger charge is 2.40. The molecule has 132 valence electrons. The van der Waals surface area contributed by atoms with Crippen molar-refractivity contribution in [2.24, 2.45) is 11.7 Å². The van der Waals surface area contributed by atoms with Crippen molar-refractivity contribution in [3.05, 3.63) is 34.6 Å². The largest absolute Gasteiger partial charge is 0.317 e. The van der Waals surface area contributed by atoms with Crippen LogP contribution in [0.5, 0.6) is 0 Å². The highest BCUT2D eigenvalue weighted by molar-refractivity contribution is 14.1. The van der Waals surface area contributed by atoms with E-state index < -0.39 is 0 Å². The van der Waals surface area contributed by atoms with Crippen molar-refractivity contribution in [1.29, 1.82) is 0 Å². The summed E-state index contributed by atoms with van der Waals surface area (Å²) in [7, 11) is 5.55. The van der Waals surface area contributed by atoms with Crippen LogP contribution in [0.15, 0.2) is 18.2 Å². The third-order valence-corrected chi connectivity index (χ3v) is 6.47. The van der Waals surface area contributed by atoms with Gasteiger partial charge in [-0.3, -0.25) is 0 Å². The highest BCUT2D eigenvalue weighted by atomic mass is 127. The van der Waals surface area contributed by atoms with Crippen LogP contribution in [-0.4, -0.2) is 24.0 Å². The molecule has 3 N–H and O–H groups in total. The summed E-state index contributed by atoms with van der Waals surface area (Å²) < 4.78 is 13.2. The summed E-state index contributed by atoms with van der Waals surface area (Å²) in [6.45, 7) is 0.942. The van der Waals surface area contributed by atoms with E-state index in [0.717, 1.165) is 63.4 Å². The average Bonchev–Trinajstić information content (AvgIpc) is 2.43. The number of hydrogen-bond acceptors (Lipinski definition) is 2. The van der Waals surface area contributed by atoms with Gasteiger partial charge < -0.3 is 11.1 Å². The summed E-state index contributed by atoms with van der Waals surface area (Å²) in [6.07, 6.45) is 8.08. The predicted molar refractivity (Wildman–Crippen MR) is 110 cm³/mol. The fraction of sp³-hybridized carbons (Fsp3) is 0.667. The van der Waals surface area contributed by atoms with Crippen LogP contribution in [0, 0.1) is 11.7 Å². The smallest absolute Gasteiger partial charge is 0.124 e. The van der Waals surface area contributed by atoms with Gasteiger partial charge in [-0.25, -0.2) is 4.39 Å². The second kappa shape index (κ2) is 9.74. The fourth-order valence-corrected chi connectivity index (χ4v) is 4.41. The zero-order chi connectivity index (χ0) is 17.6. The Morgan fingerprint density at radius 3 is 2.71 bits per heavy atom. The molecule has 0 aliphatic heterocycles. The summed E-state index contributed by atoms with van der Waals surface area (Å²) in [5, 5.41) is 4.05. The van der Waals surface area contributed by atoms with Crippen molar-refractivity contribution in [3.8, 4) is 0 Å². The molecule has 0 amide bonds. The van der Waals surface area contributed by atoms with Gasteiger partial charge in [0.2, 0.25) is 0 Å². The van der Waals surface area contributed by atoms with E-state index in [-0.39, 0.29) is 9.36 Å². The highest BCUT2D eigenvalue weighted by Crippen LogP contribution is 2.41. The van der Waals surface area contributed by atoms with Gasteiger partial charge >= 0.3 is 0 Å². The van der Waals surface area contributed by atoms with Crippen molar-refractivity contribution >= 4 is 42.0 Å². The number of rotatable bonds is 10. The standard InChI is InChI=1S/C18H26BClFIN2/c19-6-2-1-5-18(22,23)14-10-17(11-14)24-7-3-4-13-8-15(20)12-16(21)9-13/h8-9,12,14,17,24H,1-7,10-11,23H2. The van der Waals surface area contributed by atoms with Crippen molar-refractivity contribution in [3.63, 3.8) is 0 Å². The van der Waals surface area contributed by atoms with E-state index in [4.69, 9.17) is 25.2 Å². The molecule has 1 aromatic carbocycles. The van der Waals surface area contributed by atoms with Crippen LogP contribution in [-0.2, 0) is 6.42 Å². The Hall–Kier alpha value is 0.155. The monoisotopic (exact) mass is 462 g/mol. The van der Waals surface area contributed by atoms with E-state index in [2.05, 4.69) is 27.9 Å². The molecule has 6 heteroatoms. The lowest BCUT2D eigenvalue weighted by atomic mass is 9.74. The van der Waals surface area contributed by atoms with Gasteiger partial charge in [-0.2, -0.15) is 0 Å². The van der Waals surface area contributed by atoms with Gasteiger partial charge in [0.1, 0.15) is 5.82 Å². The molecule has 2 rings (SSSR count). The quantitative estimate of drug-likeness (QED) is 0.175. The third kappa shape index (κ3) is 6.47. The summed E-state index contributed by atoms with van der Waals surface area (Å²) in [4.78, 5) is 0. The van der Waals surface area contributed by atoms with E-state index in [0.29, 0.717) is 17.0 Å². The lowest BCUT2D eigenvalue weighted by Gasteiger charge is -2.44. The topological polar surface area (TPSA) is 38.0 Å². The molecule has 1 saturated carbocycles. The van der Waals surface area contributed by atoms with Gasteiger partial charge in [0.25, 0.3) is 0 Å². The first-order valence-corrected chi connectivity index (χ1v) is 10.2. The molecule has 1 unspecified atom stereocenters.